The molecule has 3 N–H and O–H groups in total. The molecule has 0 aliphatic carbocycles. The Hall–Kier alpha value is -1.47. The predicted molar refractivity (Wildman–Crippen MR) is 119 cm³/mol. The van der Waals surface area contributed by atoms with Gasteiger partial charge in [-0.05, 0) is 45.6 Å². The van der Waals surface area contributed by atoms with Crippen molar-refractivity contribution in [2.24, 2.45) is 0 Å². The van der Waals surface area contributed by atoms with Crippen LogP contribution in [0.3, 0.4) is 0 Å². The Morgan fingerprint density at radius 2 is 1.52 bits per heavy atom. The zero-order chi connectivity index (χ0) is 21.8. The van der Waals surface area contributed by atoms with Gasteiger partial charge in [0.25, 0.3) is 0 Å². The van der Waals surface area contributed by atoms with Gasteiger partial charge in [0, 0.05) is 5.41 Å². The van der Waals surface area contributed by atoms with Crippen LogP contribution < -0.4 is 20.4 Å². The van der Waals surface area contributed by atoms with E-state index in [0.29, 0.717) is 26.9 Å². The summed E-state index contributed by atoms with van der Waals surface area (Å²) in [6.45, 7) is 5.43. The summed E-state index contributed by atoms with van der Waals surface area (Å²) >= 11 is 3.50. The highest BCUT2D eigenvalue weighted by atomic mass is 79.9. The maximum atomic E-state index is 9.26. The fraction of sp³-hybridized carbons (Fsp3) is 0.429. The molecule has 0 fully saturated rings. The molecule has 4 radical (unpaired) electrons. The first kappa shape index (κ1) is 23.8. The van der Waals surface area contributed by atoms with Crippen molar-refractivity contribution >= 4 is 42.5 Å². The molecule has 0 unspecified atom stereocenters. The zero-order valence-corrected chi connectivity index (χ0v) is 18.5. The van der Waals surface area contributed by atoms with Crippen molar-refractivity contribution in [2.75, 3.05) is 26.4 Å². The van der Waals surface area contributed by atoms with Gasteiger partial charge in [0.2, 0.25) is 0 Å². The molecule has 0 aromatic heterocycles. The van der Waals surface area contributed by atoms with E-state index in [0.717, 1.165) is 16.7 Å². The van der Waals surface area contributed by atoms with Crippen LogP contribution >= 0.6 is 15.9 Å². The minimum Gasteiger partial charge on any atom is -0.491 e. The molecule has 0 atom stereocenters. The predicted octanol–water partition coefficient (Wildman–Crippen LogP) is 0.774. The van der Waals surface area contributed by atoms with Crippen LogP contribution in [-0.2, 0) is 5.41 Å². The van der Waals surface area contributed by atoms with E-state index in [1.54, 1.807) is 0 Å². The number of hydrogen-bond acceptors (Lipinski definition) is 5. The highest BCUT2D eigenvalue weighted by Crippen LogP contribution is 2.36. The van der Waals surface area contributed by atoms with Crippen molar-refractivity contribution in [3.8, 4) is 11.5 Å². The summed E-state index contributed by atoms with van der Waals surface area (Å²) in [5.74, 6) is 0.947. The Bertz CT molecular complexity index is 807. The first-order valence-electron chi connectivity index (χ1n) is 9.27. The lowest BCUT2D eigenvalue weighted by Crippen LogP contribution is -2.29. The molecule has 5 nitrogen and oxygen atoms in total. The van der Waals surface area contributed by atoms with Gasteiger partial charge < -0.3 is 24.8 Å². The van der Waals surface area contributed by atoms with E-state index in [2.05, 4.69) is 29.8 Å². The standard InChI is InChI=1S/C21H25B2BrO5/c1-12-6-13(7-16(22)19(12)29-15(10-26)11-27)21(2,3)14-8-17(23)20(18(24)9-14)28-5-4-25/h6-9,15,25-27H,4-5,10-11H2,1-3H3. The average Bonchev–Trinajstić information content (AvgIpc) is 2.66. The van der Waals surface area contributed by atoms with Crippen LogP contribution in [0.1, 0.15) is 30.5 Å². The van der Waals surface area contributed by atoms with Crippen molar-refractivity contribution in [1.29, 1.82) is 0 Å². The Balaban J connectivity index is 2.43. The van der Waals surface area contributed by atoms with Crippen LogP contribution in [0.4, 0.5) is 0 Å². The molecule has 0 amide bonds. The van der Waals surface area contributed by atoms with Gasteiger partial charge in [0.05, 0.1) is 24.3 Å². The lowest BCUT2D eigenvalue weighted by atomic mass is 9.74. The summed E-state index contributed by atoms with van der Waals surface area (Å²) in [5.41, 5.74) is 3.17. The SMILES string of the molecule is [B]c1cc(C(C)(C)c2cc([B])c(OCCO)c(Br)c2)cc(C)c1OC(CO)CO. The van der Waals surface area contributed by atoms with Crippen LogP contribution in [0.25, 0.3) is 0 Å². The van der Waals surface area contributed by atoms with Gasteiger partial charge in [-0.2, -0.15) is 0 Å². The first-order valence-corrected chi connectivity index (χ1v) is 10.1. The third-order valence-electron chi connectivity index (χ3n) is 4.85. The molecule has 0 bridgehead atoms. The molecule has 2 aromatic rings. The second kappa shape index (κ2) is 10.0. The zero-order valence-electron chi connectivity index (χ0n) is 16.9. The number of rotatable bonds is 9. The van der Waals surface area contributed by atoms with Gasteiger partial charge in [-0.3, -0.25) is 0 Å². The van der Waals surface area contributed by atoms with Gasteiger partial charge in [0.1, 0.15) is 39.9 Å². The lowest BCUT2D eigenvalue weighted by Gasteiger charge is -2.29. The van der Waals surface area contributed by atoms with E-state index in [-0.39, 0.29) is 26.4 Å². The van der Waals surface area contributed by atoms with E-state index in [1.807, 2.05) is 31.2 Å². The monoisotopic (exact) mass is 458 g/mol. The Morgan fingerprint density at radius 3 is 2.00 bits per heavy atom. The van der Waals surface area contributed by atoms with Gasteiger partial charge in [-0.1, -0.05) is 43.0 Å². The smallest absolute Gasteiger partial charge is 0.145 e. The summed E-state index contributed by atoms with van der Waals surface area (Å²) in [6.07, 6.45) is -0.725. The second-order valence-corrected chi connectivity index (χ2v) is 8.24. The number of hydrogen-bond donors (Lipinski definition) is 3. The normalized spacial score (nSPS) is 11.7. The molecule has 2 rings (SSSR count). The maximum absolute atomic E-state index is 9.26. The highest BCUT2D eigenvalue weighted by molar-refractivity contribution is 9.10. The molecule has 29 heavy (non-hydrogen) atoms. The van der Waals surface area contributed by atoms with Crippen LogP contribution in [0.15, 0.2) is 28.7 Å². The lowest BCUT2D eigenvalue weighted by molar-refractivity contribution is 0.0632. The summed E-state index contributed by atoms with van der Waals surface area (Å²) in [6, 6.07) is 7.58. The summed E-state index contributed by atoms with van der Waals surface area (Å²) < 4.78 is 11.9. The summed E-state index contributed by atoms with van der Waals surface area (Å²) in [4.78, 5) is 0. The summed E-state index contributed by atoms with van der Waals surface area (Å²) in [5, 5.41) is 27.5. The highest BCUT2D eigenvalue weighted by Gasteiger charge is 2.26. The Morgan fingerprint density at radius 1 is 0.966 bits per heavy atom. The topological polar surface area (TPSA) is 79.2 Å². The number of aliphatic hydroxyl groups excluding tert-OH is 3. The van der Waals surface area contributed by atoms with Crippen LogP contribution in [0, 0.1) is 6.92 Å². The maximum Gasteiger partial charge on any atom is 0.145 e. The van der Waals surface area contributed by atoms with Crippen LogP contribution in [0.2, 0.25) is 0 Å². The second-order valence-electron chi connectivity index (χ2n) is 7.39. The third-order valence-corrected chi connectivity index (χ3v) is 5.44. The van der Waals surface area contributed by atoms with Crippen LogP contribution in [-0.4, -0.2) is 63.5 Å². The molecule has 0 heterocycles. The molecule has 0 aliphatic heterocycles. The molecule has 0 saturated carbocycles. The van der Waals surface area contributed by atoms with E-state index >= 15 is 0 Å². The van der Waals surface area contributed by atoms with E-state index in [4.69, 9.17) is 30.3 Å². The van der Waals surface area contributed by atoms with Gasteiger partial charge in [-0.15, -0.1) is 0 Å². The number of ether oxygens (including phenoxy) is 2. The fourth-order valence-corrected chi connectivity index (χ4v) is 3.65. The van der Waals surface area contributed by atoms with Crippen molar-refractivity contribution in [3.05, 3.63) is 45.4 Å². The third kappa shape index (κ3) is 5.37. The van der Waals surface area contributed by atoms with Gasteiger partial charge in [-0.25, -0.2) is 0 Å². The largest absolute Gasteiger partial charge is 0.491 e. The van der Waals surface area contributed by atoms with Crippen molar-refractivity contribution < 1.29 is 24.8 Å². The number of halogens is 1. The van der Waals surface area contributed by atoms with E-state index < -0.39 is 11.5 Å². The first-order chi connectivity index (χ1) is 13.6. The number of aryl methyl sites for hydroxylation is 1. The fourth-order valence-electron chi connectivity index (χ4n) is 3.06. The molecule has 8 heteroatoms. The molecule has 0 aliphatic rings. The van der Waals surface area contributed by atoms with Gasteiger partial charge in [0.15, 0.2) is 0 Å². The number of aliphatic hydroxyl groups is 3. The summed E-state index contributed by atoms with van der Waals surface area (Å²) in [7, 11) is 12.4. The van der Waals surface area contributed by atoms with Crippen LogP contribution in [0.5, 0.6) is 11.5 Å². The minimum absolute atomic E-state index is 0.0977. The average molecular weight is 459 g/mol. The number of benzene rings is 2. The Kier molecular flexibility index (Phi) is 8.23. The minimum atomic E-state index is -0.725. The molecule has 2 aromatic carbocycles. The van der Waals surface area contributed by atoms with Crippen molar-refractivity contribution in [2.45, 2.75) is 32.3 Å². The quantitative estimate of drug-likeness (QED) is 0.484. The van der Waals surface area contributed by atoms with Gasteiger partial charge >= 0.3 is 0 Å². The molecular weight excluding hydrogens is 434 g/mol. The molecular formula is C21H25B2BrO5. The van der Waals surface area contributed by atoms with E-state index in [9.17, 15) is 10.2 Å². The molecule has 0 saturated heterocycles. The molecule has 0 spiro atoms. The van der Waals surface area contributed by atoms with Crippen molar-refractivity contribution in [3.63, 3.8) is 0 Å². The van der Waals surface area contributed by atoms with E-state index in [1.165, 1.54) is 0 Å². The Labute approximate surface area is 183 Å². The molecule has 152 valence electrons. The van der Waals surface area contributed by atoms with Crippen molar-refractivity contribution in [1.82, 2.24) is 0 Å².